The topological polar surface area (TPSA) is 62.8 Å². The summed E-state index contributed by atoms with van der Waals surface area (Å²) in [6, 6.07) is 7.58. The fraction of sp³-hybridized carbons (Fsp3) is 0.611. The summed E-state index contributed by atoms with van der Waals surface area (Å²) in [5.41, 5.74) is 1.05. The van der Waals surface area contributed by atoms with Gasteiger partial charge in [0, 0.05) is 30.7 Å². The highest BCUT2D eigenvalue weighted by atomic mass is 16.5. The Morgan fingerprint density at radius 2 is 2.17 bits per heavy atom. The van der Waals surface area contributed by atoms with Crippen LogP contribution in [0.2, 0.25) is 0 Å². The summed E-state index contributed by atoms with van der Waals surface area (Å²) in [7, 11) is 0. The fourth-order valence-corrected chi connectivity index (χ4v) is 3.36. The number of rotatable bonds is 4. The van der Waals surface area contributed by atoms with Crippen LogP contribution in [-0.4, -0.2) is 55.4 Å². The molecule has 1 saturated heterocycles. The Labute approximate surface area is 143 Å². The number of amides is 2. The van der Waals surface area contributed by atoms with Crippen LogP contribution >= 0.6 is 0 Å². The van der Waals surface area contributed by atoms with Gasteiger partial charge in [-0.2, -0.15) is 0 Å². The van der Waals surface area contributed by atoms with Gasteiger partial charge in [0.05, 0.1) is 19.3 Å². The number of hydrogen-bond donors (Lipinski definition) is 2. The number of hydrogen-bond acceptors (Lipinski definition) is 4. The highest BCUT2D eigenvalue weighted by molar-refractivity contribution is 5.74. The van der Waals surface area contributed by atoms with Crippen molar-refractivity contribution in [3.8, 4) is 5.75 Å². The van der Waals surface area contributed by atoms with Gasteiger partial charge in [-0.1, -0.05) is 18.2 Å². The van der Waals surface area contributed by atoms with E-state index in [1.807, 2.05) is 31.2 Å². The number of carbonyl (C=O) groups is 1. The smallest absolute Gasteiger partial charge is 0.315 e. The van der Waals surface area contributed by atoms with Gasteiger partial charge in [0.15, 0.2) is 0 Å². The zero-order valence-corrected chi connectivity index (χ0v) is 14.7. The van der Waals surface area contributed by atoms with Crippen LogP contribution in [0.25, 0.3) is 0 Å². The average molecular weight is 333 g/mol. The fourth-order valence-electron chi connectivity index (χ4n) is 3.36. The van der Waals surface area contributed by atoms with E-state index < -0.39 is 0 Å². The van der Waals surface area contributed by atoms with Crippen molar-refractivity contribution in [2.24, 2.45) is 0 Å². The summed E-state index contributed by atoms with van der Waals surface area (Å²) in [5, 5.41) is 5.98. The lowest BCUT2D eigenvalue weighted by Gasteiger charge is -2.42. The molecule has 1 fully saturated rings. The standard InChI is InChI=1S/C18H27N3O3/c1-13-16(14-6-4-5-7-15(14)24-13)20-17(22)19-8-9-21-10-11-23-12-18(21,2)3/h4-7,13,16H,8-12H2,1-3H3,(H2,19,20,22). The van der Waals surface area contributed by atoms with E-state index in [2.05, 4.69) is 29.4 Å². The maximum atomic E-state index is 12.2. The lowest BCUT2D eigenvalue weighted by molar-refractivity contribution is -0.0497. The molecule has 24 heavy (non-hydrogen) atoms. The molecular weight excluding hydrogens is 306 g/mol. The molecule has 3 rings (SSSR count). The minimum absolute atomic E-state index is 0.0170. The lowest BCUT2D eigenvalue weighted by Crippen LogP contribution is -2.55. The number of fused-ring (bicyclic) bond motifs is 1. The summed E-state index contributed by atoms with van der Waals surface area (Å²) < 4.78 is 11.3. The van der Waals surface area contributed by atoms with Crippen LogP contribution < -0.4 is 15.4 Å². The second kappa shape index (κ2) is 6.99. The highest BCUT2D eigenvalue weighted by Crippen LogP contribution is 2.35. The van der Waals surface area contributed by atoms with Gasteiger partial charge in [0.1, 0.15) is 11.9 Å². The summed E-state index contributed by atoms with van der Waals surface area (Å²) in [6.45, 7) is 10.1. The number of nitrogens with one attached hydrogen (secondary N) is 2. The molecule has 2 N–H and O–H groups in total. The van der Waals surface area contributed by atoms with Crippen LogP contribution in [0.3, 0.4) is 0 Å². The molecule has 132 valence electrons. The number of nitrogens with zero attached hydrogens (tertiary/aromatic N) is 1. The number of carbonyl (C=O) groups excluding carboxylic acids is 1. The molecule has 2 atom stereocenters. The van der Waals surface area contributed by atoms with Crippen molar-refractivity contribution in [2.75, 3.05) is 32.8 Å². The summed E-state index contributed by atoms with van der Waals surface area (Å²) in [4.78, 5) is 14.6. The Hall–Kier alpha value is -1.79. The molecule has 0 bridgehead atoms. The molecule has 0 radical (unpaired) electrons. The maximum Gasteiger partial charge on any atom is 0.315 e. The second-order valence-corrected chi connectivity index (χ2v) is 7.09. The van der Waals surface area contributed by atoms with Gasteiger partial charge < -0.3 is 20.1 Å². The third-order valence-corrected chi connectivity index (χ3v) is 4.81. The van der Waals surface area contributed by atoms with Crippen molar-refractivity contribution in [1.29, 1.82) is 0 Å². The number of ether oxygens (including phenoxy) is 2. The van der Waals surface area contributed by atoms with Crippen molar-refractivity contribution in [1.82, 2.24) is 15.5 Å². The van der Waals surface area contributed by atoms with Gasteiger partial charge in [0.2, 0.25) is 0 Å². The molecule has 1 aromatic rings. The van der Waals surface area contributed by atoms with Crippen LogP contribution in [0.4, 0.5) is 4.79 Å². The first kappa shape index (κ1) is 17.0. The molecule has 0 spiro atoms. The molecule has 2 heterocycles. The molecule has 0 aromatic heterocycles. The highest BCUT2D eigenvalue weighted by Gasteiger charge is 2.32. The van der Waals surface area contributed by atoms with Crippen molar-refractivity contribution in [3.05, 3.63) is 29.8 Å². The number of para-hydroxylation sites is 1. The van der Waals surface area contributed by atoms with Gasteiger partial charge in [-0.15, -0.1) is 0 Å². The van der Waals surface area contributed by atoms with E-state index in [0.29, 0.717) is 6.54 Å². The van der Waals surface area contributed by atoms with Crippen LogP contribution in [0, 0.1) is 0 Å². The van der Waals surface area contributed by atoms with E-state index in [1.165, 1.54) is 0 Å². The van der Waals surface area contributed by atoms with Gasteiger partial charge in [-0.05, 0) is 26.8 Å². The Bertz CT molecular complexity index is 591. The van der Waals surface area contributed by atoms with Crippen LogP contribution in [0.15, 0.2) is 24.3 Å². The molecule has 2 aliphatic rings. The average Bonchev–Trinajstić information content (AvgIpc) is 2.85. The molecule has 2 amide bonds. The minimum atomic E-state index is -0.154. The molecule has 6 heteroatoms. The Balaban J connectivity index is 1.48. The molecule has 2 unspecified atom stereocenters. The Morgan fingerprint density at radius 1 is 1.38 bits per heavy atom. The van der Waals surface area contributed by atoms with E-state index in [4.69, 9.17) is 9.47 Å². The number of benzene rings is 1. The first-order valence-electron chi connectivity index (χ1n) is 8.60. The molecule has 1 aromatic carbocycles. The predicted octanol–water partition coefficient (Wildman–Crippen LogP) is 1.92. The van der Waals surface area contributed by atoms with Crippen LogP contribution in [0.5, 0.6) is 5.75 Å². The van der Waals surface area contributed by atoms with E-state index in [1.54, 1.807) is 0 Å². The van der Waals surface area contributed by atoms with E-state index >= 15 is 0 Å². The monoisotopic (exact) mass is 333 g/mol. The van der Waals surface area contributed by atoms with Crippen molar-refractivity contribution < 1.29 is 14.3 Å². The predicted molar refractivity (Wildman–Crippen MR) is 92.3 cm³/mol. The SMILES string of the molecule is CC1Oc2ccccc2C1NC(=O)NCCN1CCOCC1(C)C. The molecular formula is C18H27N3O3. The summed E-state index contributed by atoms with van der Waals surface area (Å²) in [6.07, 6.45) is -0.0636. The largest absolute Gasteiger partial charge is 0.488 e. The first-order chi connectivity index (χ1) is 11.5. The van der Waals surface area contributed by atoms with E-state index in [-0.39, 0.29) is 23.7 Å². The zero-order chi connectivity index (χ0) is 17.2. The van der Waals surface area contributed by atoms with Crippen LogP contribution in [-0.2, 0) is 4.74 Å². The molecule has 0 saturated carbocycles. The molecule has 6 nitrogen and oxygen atoms in total. The normalized spacial score (nSPS) is 25.6. The second-order valence-electron chi connectivity index (χ2n) is 7.09. The summed E-state index contributed by atoms with van der Waals surface area (Å²) in [5.74, 6) is 0.852. The lowest BCUT2D eigenvalue weighted by atomic mass is 10.0. The third kappa shape index (κ3) is 3.65. The van der Waals surface area contributed by atoms with E-state index in [9.17, 15) is 4.79 Å². The summed E-state index contributed by atoms with van der Waals surface area (Å²) >= 11 is 0. The van der Waals surface area contributed by atoms with Gasteiger partial charge in [-0.25, -0.2) is 4.79 Å². The van der Waals surface area contributed by atoms with Crippen LogP contribution in [0.1, 0.15) is 32.4 Å². The van der Waals surface area contributed by atoms with E-state index in [0.717, 1.165) is 37.6 Å². The van der Waals surface area contributed by atoms with Crippen molar-refractivity contribution in [3.63, 3.8) is 0 Å². The van der Waals surface area contributed by atoms with Gasteiger partial charge >= 0.3 is 6.03 Å². The minimum Gasteiger partial charge on any atom is -0.488 e. The Morgan fingerprint density at radius 3 is 2.96 bits per heavy atom. The quantitative estimate of drug-likeness (QED) is 0.884. The molecule has 2 aliphatic heterocycles. The number of morpholine rings is 1. The maximum absolute atomic E-state index is 12.2. The first-order valence-corrected chi connectivity index (χ1v) is 8.60. The van der Waals surface area contributed by atoms with Crippen molar-refractivity contribution >= 4 is 6.03 Å². The third-order valence-electron chi connectivity index (χ3n) is 4.81. The zero-order valence-electron chi connectivity index (χ0n) is 14.7. The van der Waals surface area contributed by atoms with Gasteiger partial charge in [-0.3, -0.25) is 4.90 Å². The Kier molecular flexibility index (Phi) is 4.96. The van der Waals surface area contributed by atoms with Crippen molar-refractivity contribution in [2.45, 2.75) is 38.5 Å². The number of urea groups is 1. The molecule has 0 aliphatic carbocycles. The van der Waals surface area contributed by atoms with Gasteiger partial charge in [0.25, 0.3) is 0 Å².